The Kier molecular flexibility index (Phi) is 5.66. The fraction of sp³-hybridized carbons (Fsp3) is 0.261. The van der Waals surface area contributed by atoms with Crippen LogP contribution in [0.15, 0.2) is 53.3 Å². The number of oxazole rings is 1. The van der Waals surface area contributed by atoms with Crippen LogP contribution < -0.4 is 4.90 Å². The third-order valence-corrected chi connectivity index (χ3v) is 5.85. The molecule has 1 atom stereocenters. The number of halogens is 5. The fourth-order valence-corrected chi connectivity index (χ4v) is 4.41. The Labute approximate surface area is 190 Å². The smallest absolute Gasteiger partial charge is 0.406 e. The molecule has 2 aromatic carbocycles. The van der Waals surface area contributed by atoms with Gasteiger partial charge in [-0.1, -0.05) is 37.3 Å². The monoisotopic (exact) mass is 479 g/mol. The van der Waals surface area contributed by atoms with Gasteiger partial charge < -0.3 is 9.32 Å². The molecular weight excluding hydrogens is 461 g/mol. The first kappa shape index (κ1) is 23.4. The Bertz CT molecular complexity index is 1260. The molecule has 2 heterocycles. The maximum atomic E-state index is 15.5. The minimum Gasteiger partial charge on any atom is -0.438 e. The molecule has 0 radical (unpaired) electrons. The van der Waals surface area contributed by atoms with Gasteiger partial charge in [-0.25, -0.2) is 23.5 Å². The summed E-state index contributed by atoms with van der Waals surface area (Å²) in [4.78, 5) is 31.3. The van der Waals surface area contributed by atoms with Gasteiger partial charge in [-0.05, 0) is 31.0 Å². The quantitative estimate of drug-likeness (QED) is 0.460. The molecule has 0 saturated carbocycles. The molecule has 6 nitrogen and oxygen atoms in total. The number of urea groups is 1. The summed E-state index contributed by atoms with van der Waals surface area (Å²) in [5.41, 5.74) is -2.80. The van der Waals surface area contributed by atoms with Crippen LogP contribution in [-0.2, 0) is 5.54 Å². The molecule has 1 aliphatic rings. The number of hydrogen-bond acceptors (Lipinski definition) is 4. The van der Waals surface area contributed by atoms with Gasteiger partial charge in [0.1, 0.15) is 12.1 Å². The van der Waals surface area contributed by atoms with E-state index in [4.69, 9.17) is 4.42 Å². The highest BCUT2D eigenvalue weighted by atomic mass is 19.4. The predicted molar refractivity (Wildman–Crippen MR) is 110 cm³/mol. The molecule has 1 aliphatic heterocycles. The largest absolute Gasteiger partial charge is 0.438 e. The van der Waals surface area contributed by atoms with Crippen molar-refractivity contribution in [3.63, 3.8) is 0 Å². The third-order valence-electron chi connectivity index (χ3n) is 5.85. The van der Waals surface area contributed by atoms with Gasteiger partial charge in [0.2, 0.25) is 5.76 Å². The number of aryl methyl sites for hydroxylation is 1. The lowest BCUT2D eigenvalue weighted by Crippen LogP contribution is -2.62. The molecular formula is C23H18F5N3O3. The van der Waals surface area contributed by atoms with Gasteiger partial charge in [0.15, 0.2) is 18.0 Å². The molecule has 0 spiro atoms. The van der Waals surface area contributed by atoms with E-state index in [0.29, 0.717) is 15.9 Å². The highest BCUT2D eigenvalue weighted by Gasteiger charge is 2.56. The average Bonchev–Trinajstić information content (AvgIpc) is 3.22. The van der Waals surface area contributed by atoms with Crippen LogP contribution in [-0.4, -0.2) is 34.5 Å². The second-order valence-corrected chi connectivity index (χ2v) is 7.73. The van der Waals surface area contributed by atoms with E-state index in [2.05, 4.69) is 4.98 Å². The number of alkyl halides is 3. The molecule has 0 saturated heterocycles. The zero-order valence-electron chi connectivity index (χ0n) is 18.0. The molecule has 11 heteroatoms. The summed E-state index contributed by atoms with van der Waals surface area (Å²) in [6, 6.07) is 7.80. The summed E-state index contributed by atoms with van der Waals surface area (Å²) in [5, 5.41) is 0. The molecule has 3 aromatic rings. The van der Waals surface area contributed by atoms with Crippen LogP contribution in [0, 0.1) is 18.6 Å². The van der Waals surface area contributed by atoms with Crippen molar-refractivity contribution in [1.29, 1.82) is 0 Å². The summed E-state index contributed by atoms with van der Waals surface area (Å²) in [5.74, 6) is -4.37. The van der Waals surface area contributed by atoms with Gasteiger partial charge in [0, 0.05) is 5.56 Å². The Balaban J connectivity index is 2.09. The maximum absolute atomic E-state index is 15.5. The highest BCUT2D eigenvalue weighted by molar-refractivity contribution is 6.21. The lowest BCUT2D eigenvalue weighted by atomic mass is 9.76. The second-order valence-electron chi connectivity index (χ2n) is 7.73. The molecule has 4 rings (SSSR count). The van der Waals surface area contributed by atoms with E-state index < -0.39 is 53.2 Å². The topological polar surface area (TPSA) is 66.7 Å². The molecule has 0 bridgehead atoms. The number of carbonyl (C=O) groups is 2. The van der Waals surface area contributed by atoms with Crippen molar-refractivity contribution in [2.75, 3.05) is 11.4 Å². The van der Waals surface area contributed by atoms with Crippen molar-refractivity contribution in [2.45, 2.75) is 32.0 Å². The van der Waals surface area contributed by atoms with Crippen molar-refractivity contribution in [2.24, 2.45) is 0 Å². The van der Waals surface area contributed by atoms with Crippen molar-refractivity contribution in [1.82, 2.24) is 9.88 Å². The minimum atomic E-state index is -4.91. The van der Waals surface area contributed by atoms with E-state index in [1.165, 1.54) is 38.1 Å². The number of aromatic nitrogens is 1. The summed E-state index contributed by atoms with van der Waals surface area (Å²) < 4.78 is 76.2. The van der Waals surface area contributed by atoms with Gasteiger partial charge in [-0.3, -0.25) is 4.79 Å². The average molecular weight is 479 g/mol. The molecule has 1 aromatic heterocycles. The summed E-state index contributed by atoms with van der Waals surface area (Å²) >= 11 is 0. The number of hydrogen-bond donors (Lipinski definition) is 0. The van der Waals surface area contributed by atoms with E-state index >= 15 is 4.39 Å². The van der Waals surface area contributed by atoms with E-state index in [1.807, 2.05) is 0 Å². The van der Waals surface area contributed by atoms with Crippen molar-refractivity contribution < 1.29 is 36.0 Å². The summed E-state index contributed by atoms with van der Waals surface area (Å²) in [7, 11) is 0. The predicted octanol–water partition coefficient (Wildman–Crippen LogP) is 5.56. The standard InChI is InChI=1S/C23H18F5N3O3/c1-3-22(14-7-5-4-6-8-14)17-16(10-9-15(24)18(17)25)31(20(32)19-13(2)29-12-34-19)21(33)30(22)11-23(26,27)28/h4-10,12H,3,11H2,1-2H3. The lowest BCUT2D eigenvalue weighted by Gasteiger charge is -2.50. The lowest BCUT2D eigenvalue weighted by molar-refractivity contribution is -0.149. The number of benzene rings is 2. The Morgan fingerprint density at radius 2 is 1.79 bits per heavy atom. The number of anilines is 1. The SMILES string of the molecule is CCC1(c2ccccc2)c2c(ccc(F)c2F)N(C(=O)c2ocnc2C)C(=O)N1CC(F)(F)F. The van der Waals surface area contributed by atoms with Crippen LogP contribution in [0.1, 0.15) is 40.7 Å². The third kappa shape index (κ3) is 3.51. The van der Waals surface area contributed by atoms with Crippen molar-refractivity contribution >= 4 is 17.6 Å². The molecule has 0 aliphatic carbocycles. The molecule has 1 unspecified atom stereocenters. The van der Waals surface area contributed by atoms with Crippen LogP contribution in [0.3, 0.4) is 0 Å². The fourth-order valence-electron chi connectivity index (χ4n) is 4.41. The highest BCUT2D eigenvalue weighted by Crippen LogP contribution is 2.50. The van der Waals surface area contributed by atoms with Crippen LogP contribution in [0.25, 0.3) is 0 Å². The maximum Gasteiger partial charge on any atom is 0.406 e. The normalized spacial score (nSPS) is 18.3. The number of nitrogens with zero attached hydrogens (tertiary/aromatic N) is 3. The number of rotatable bonds is 4. The number of fused-ring (bicyclic) bond motifs is 1. The number of carbonyl (C=O) groups excluding carboxylic acids is 2. The molecule has 3 amide bonds. The van der Waals surface area contributed by atoms with Crippen LogP contribution in [0.2, 0.25) is 0 Å². The van der Waals surface area contributed by atoms with E-state index in [-0.39, 0.29) is 23.4 Å². The Morgan fingerprint density at radius 1 is 1.12 bits per heavy atom. The van der Waals surface area contributed by atoms with Gasteiger partial charge in [0.25, 0.3) is 0 Å². The van der Waals surface area contributed by atoms with Gasteiger partial charge in [0.05, 0.1) is 11.4 Å². The van der Waals surface area contributed by atoms with Gasteiger partial charge in [-0.15, -0.1) is 0 Å². The van der Waals surface area contributed by atoms with E-state index in [0.717, 1.165) is 12.5 Å². The summed E-state index contributed by atoms with van der Waals surface area (Å²) in [6.07, 6.45) is -4.23. The van der Waals surface area contributed by atoms with Gasteiger partial charge in [-0.2, -0.15) is 13.2 Å². The molecule has 178 valence electrons. The van der Waals surface area contributed by atoms with Gasteiger partial charge >= 0.3 is 18.1 Å². The first-order valence-electron chi connectivity index (χ1n) is 10.2. The van der Waals surface area contributed by atoms with Crippen LogP contribution in [0.4, 0.5) is 32.4 Å². The van der Waals surface area contributed by atoms with E-state index in [9.17, 15) is 27.2 Å². The second kappa shape index (κ2) is 8.23. The van der Waals surface area contributed by atoms with Crippen LogP contribution >= 0.6 is 0 Å². The zero-order valence-corrected chi connectivity index (χ0v) is 18.0. The Hall–Kier alpha value is -3.76. The first-order valence-corrected chi connectivity index (χ1v) is 10.2. The zero-order chi connectivity index (χ0) is 24.8. The van der Waals surface area contributed by atoms with E-state index in [1.54, 1.807) is 6.07 Å². The summed E-state index contributed by atoms with van der Waals surface area (Å²) in [6.45, 7) is 1.03. The van der Waals surface area contributed by atoms with Crippen LogP contribution in [0.5, 0.6) is 0 Å². The molecule has 34 heavy (non-hydrogen) atoms. The minimum absolute atomic E-state index is 0.0692. The molecule has 0 fully saturated rings. The number of amides is 3. The Morgan fingerprint density at radius 3 is 2.35 bits per heavy atom. The van der Waals surface area contributed by atoms with Crippen molar-refractivity contribution in [3.8, 4) is 0 Å². The molecule has 0 N–H and O–H groups in total. The van der Waals surface area contributed by atoms with Crippen molar-refractivity contribution in [3.05, 3.63) is 83.1 Å². The number of imide groups is 1. The first-order chi connectivity index (χ1) is 16.0.